The first-order chi connectivity index (χ1) is 10.3. The molecule has 1 aliphatic heterocycles. The van der Waals surface area contributed by atoms with E-state index in [1.54, 1.807) is 12.1 Å². The molecule has 0 radical (unpaired) electrons. The third-order valence-corrected chi connectivity index (χ3v) is 4.08. The molecule has 0 N–H and O–H groups in total. The van der Waals surface area contributed by atoms with Gasteiger partial charge in [-0.1, -0.05) is 48.5 Å². The normalized spacial score (nSPS) is 18.8. The molecule has 1 aliphatic rings. The minimum Gasteiger partial charge on any atom is -0.292 e. The van der Waals surface area contributed by atoms with E-state index in [4.69, 9.17) is 0 Å². The van der Waals surface area contributed by atoms with Crippen molar-refractivity contribution in [1.29, 1.82) is 0 Å². The number of hydrogen-bond donors (Lipinski definition) is 0. The molecule has 1 unspecified atom stereocenters. The van der Waals surface area contributed by atoms with Gasteiger partial charge in [-0.2, -0.15) is 0 Å². The number of para-hydroxylation sites is 1. The topological polar surface area (TPSA) is 46.4 Å². The first-order valence-corrected chi connectivity index (χ1v) is 7.27. The summed E-state index contributed by atoms with van der Waals surface area (Å²) in [5, 5.41) is 11.2. The van der Waals surface area contributed by atoms with Crippen LogP contribution in [0.25, 0.3) is 0 Å². The SMILES string of the molecule is O=[N+]([O-])c1ccccc1C1CCCN1Cc1ccccc1. The first kappa shape index (κ1) is 13.8. The molecule has 0 saturated carbocycles. The third kappa shape index (κ3) is 2.95. The molecule has 0 spiro atoms. The van der Waals surface area contributed by atoms with Gasteiger partial charge in [0.2, 0.25) is 0 Å². The number of nitro groups is 1. The Morgan fingerprint density at radius 2 is 1.81 bits per heavy atom. The molecule has 0 aromatic heterocycles. The third-order valence-electron chi connectivity index (χ3n) is 4.08. The molecular formula is C17H18N2O2. The fourth-order valence-corrected chi connectivity index (χ4v) is 3.12. The summed E-state index contributed by atoms with van der Waals surface area (Å²) in [6.07, 6.45) is 2.07. The second-order valence-electron chi connectivity index (χ2n) is 5.43. The van der Waals surface area contributed by atoms with Gasteiger partial charge in [-0.05, 0) is 24.9 Å². The van der Waals surface area contributed by atoms with Crippen LogP contribution in [-0.2, 0) is 6.54 Å². The van der Waals surface area contributed by atoms with Gasteiger partial charge < -0.3 is 0 Å². The Labute approximate surface area is 124 Å². The summed E-state index contributed by atoms with van der Waals surface area (Å²) < 4.78 is 0. The Bertz CT molecular complexity index is 628. The maximum atomic E-state index is 11.2. The molecule has 108 valence electrons. The molecule has 21 heavy (non-hydrogen) atoms. The van der Waals surface area contributed by atoms with Crippen molar-refractivity contribution in [2.45, 2.75) is 25.4 Å². The minimum atomic E-state index is -0.269. The standard InChI is InChI=1S/C17H18N2O2/c20-19(21)17-10-5-4-9-15(17)16-11-6-12-18(16)13-14-7-2-1-3-8-14/h1-5,7-10,16H,6,11-13H2. The van der Waals surface area contributed by atoms with Crippen LogP contribution in [-0.4, -0.2) is 16.4 Å². The zero-order valence-electron chi connectivity index (χ0n) is 11.8. The van der Waals surface area contributed by atoms with Crippen LogP contribution < -0.4 is 0 Å². The van der Waals surface area contributed by atoms with Gasteiger partial charge in [-0.3, -0.25) is 15.0 Å². The summed E-state index contributed by atoms with van der Waals surface area (Å²) >= 11 is 0. The van der Waals surface area contributed by atoms with E-state index in [0.717, 1.165) is 31.5 Å². The van der Waals surface area contributed by atoms with E-state index in [-0.39, 0.29) is 16.7 Å². The van der Waals surface area contributed by atoms with Crippen LogP contribution in [0.2, 0.25) is 0 Å². The summed E-state index contributed by atoms with van der Waals surface area (Å²) in [6.45, 7) is 1.84. The lowest BCUT2D eigenvalue weighted by Gasteiger charge is -2.24. The lowest BCUT2D eigenvalue weighted by molar-refractivity contribution is -0.386. The van der Waals surface area contributed by atoms with E-state index in [9.17, 15) is 10.1 Å². The van der Waals surface area contributed by atoms with Crippen molar-refractivity contribution in [3.05, 3.63) is 75.8 Å². The van der Waals surface area contributed by atoms with E-state index in [2.05, 4.69) is 17.0 Å². The average molecular weight is 282 g/mol. The molecule has 1 heterocycles. The van der Waals surface area contributed by atoms with Gasteiger partial charge in [-0.25, -0.2) is 0 Å². The fourth-order valence-electron chi connectivity index (χ4n) is 3.12. The molecule has 0 amide bonds. The summed E-state index contributed by atoms with van der Waals surface area (Å²) in [5.41, 5.74) is 2.33. The molecule has 2 aromatic carbocycles. The molecule has 3 rings (SSSR count). The Morgan fingerprint density at radius 1 is 1.10 bits per heavy atom. The van der Waals surface area contributed by atoms with Gasteiger partial charge >= 0.3 is 0 Å². The molecule has 0 bridgehead atoms. The molecular weight excluding hydrogens is 264 g/mol. The van der Waals surface area contributed by atoms with Crippen molar-refractivity contribution >= 4 is 5.69 Å². The van der Waals surface area contributed by atoms with Crippen LogP contribution in [0.5, 0.6) is 0 Å². The van der Waals surface area contributed by atoms with E-state index < -0.39 is 0 Å². The van der Waals surface area contributed by atoms with Crippen LogP contribution in [0.3, 0.4) is 0 Å². The quantitative estimate of drug-likeness (QED) is 0.630. The van der Waals surface area contributed by atoms with Crippen molar-refractivity contribution in [2.75, 3.05) is 6.54 Å². The largest absolute Gasteiger partial charge is 0.292 e. The van der Waals surface area contributed by atoms with Gasteiger partial charge in [-0.15, -0.1) is 0 Å². The van der Waals surface area contributed by atoms with E-state index in [1.807, 2.05) is 30.3 Å². The summed E-state index contributed by atoms with van der Waals surface area (Å²) in [6, 6.07) is 17.6. The number of benzene rings is 2. The van der Waals surface area contributed by atoms with Gasteiger partial charge in [0.15, 0.2) is 0 Å². The fraction of sp³-hybridized carbons (Fsp3) is 0.294. The van der Waals surface area contributed by atoms with Crippen molar-refractivity contribution in [3.63, 3.8) is 0 Å². The van der Waals surface area contributed by atoms with Crippen molar-refractivity contribution in [3.8, 4) is 0 Å². The lowest BCUT2D eigenvalue weighted by atomic mass is 10.0. The molecule has 2 aromatic rings. The Kier molecular flexibility index (Phi) is 3.97. The van der Waals surface area contributed by atoms with Crippen molar-refractivity contribution in [1.82, 2.24) is 4.90 Å². The smallest absolute Gasteiger partial charge is 0.274 e. The average Bonchev–Trinajstić information content (AvgIpc) is 2.96. The summed E-state index contributed by atoms with van der Waals surface area (Å²) in [4.78, 5) is 13.3. The van der Waals surface area contributed by atoms with E-state index >= 15 is 0 Å². The van der Waals surface area contributed by atoms with Gasteiger partial charge in [0.1, 0.15) is 0 Å². The number of hydrogen-bond acceptors (Lipinski definition) is 3. The van der Waals surface area contributed by atoms with Crippen molar-refractivity contribution in [2.24, 2.45) is 0 Å². The molecule has 1 saturated heterocycles. The summed E-state index contributed by atoms with van der Waals surface area (Å²) in [7, 11) is 0. The van der Waals surface area contributed by atoms with Crippen LogP contribution in [0.1, 0.15) is 30.0 Å². The zero-order valence-corrected chi connectivity index (χ0v) is 11.8. The molecule has 4 heteroatoms. The highest BCUT2D eigenvalue weighted by Crippen LogP contribution is 2.37. The summed E-state index contributed by atoms with van der Waals surface area (Å²) in [5.74, 6) is 0. The highest BCUT2D eigenvalue weighted by Gasteiger charge is 2.30. The number of likely N-dealkylation sites (tertiary alicyclic amines) is 1. The van der Waals surface area contributed by atoms with Gasteiger partial charge in [0.25, 0.3) is 5.69 Å². The second-order valence-corrected chi connectivity index (χ2v) is 5.43. The number of rotatable bonds is 4. The predicted molar refractivity (Wildman–Crippen MR) is 81.9 cm³/mol. The predicted octanol–water partition coefficient (Wildman–Crippen LogP) is 3.93. The molecule has 1 fully saturated rings. The maximum absolute atomic E-state index is 11.2. The monoisotopic (exact) mass is 282 g/mol. The van der Waals surface area contributed by atoms with E-state index in [1.165, 1.54) is 5.56 Å². The van der Waals surface area contributed by atoms with Crippen LogP contribution in [0, 0.1) is 10.1 Å². The van der Waals surface area contributed by atoms with Crippen LogP contribution in [0.4, 0.5) is 5.69 Å². The lowest BCUT2D eigenvalue weighted by Crippen LogP contribution is -2.23. The Morgan fingerprint density at radius 3 is 2.57 bits per heavy atom. The zero-order chi connectivity index (χ0) is 14.7. The van der Waals surface area contributed by atoms with Gasteiger partial charge in [0.05, 0.1) is 4.92 Å². The van der Waals surface area contributed by atoms with Crippen LogP contribution >= 0.6 is 0 Å². The number of nitrogens with zero attached hydrogens (tertiary/aromatic N) is 2. The van der Waals surface area contributed by atoms with Crippen LogP contribution in [0.15, 0.2) is 54.6 Å². The Balaban J connectivity index is 1.86. The Hall–Kier alpha value is -2.20. The van der Waals surface area contributed by atoms with E-state index in [0.29, 0.717) is 0 Å². The molecule has 1 atom stereocenters. The minimum absolute atomic E-state index is 0.145. The second kappa shape index (κ2) is 6.06. The molecule has 0 aliphatic carbocycles. The van der Waals surface area contributed by atoms with Gasteiger partial charge in [0, 0.05) is 24.2 Å². The highest BCUT2D eigenvalue weighted by molar-refractivity contribution is 5.42. The highest BCUT2D eigenvalue weighted by atomic mass is 16.6. The van der Waals surface area contributed by atoms with Crippen molar-refractivity contribution < 1.29 is 4.92 Å². The maximum Gasteiger partial charge on any atom is 0.274 e. The first-order valence-electron chi connectivity index (χ1n) is 7.27. The number of nitro benzene ring substituents is 1. The molecule has 4 nitrogen and oxygen atoms in total.